The summed E-state index contributed by atoms with van der Waals surface area (Å²) in [6.07, 6.45) is 3.33. The highest BCUT2D eigenvalue weighted by Crippen LogP contribution is 2.30. The molecule has 0 amide bonds. The van der Waals surface area contributed by atoms with Crippen molar-refractivity contribution in [1.29, 1.82) is 0 Å². The van der Waals surface area contributed by atoms with Crippen LogP contribution < -0.4 is 15.0 Å². The number of methoxy groups -OCH3 is 2. The lowest BCUT2D eigenvalue weighted by Gasteiger charge is -2.09. The van der Waals surface area contributed by atoms with Crippen LogP contribution in [0.1, 0.15) is 0 Å². The van der Waals surface area contributed by atoms with Gasteiger partial charge < -0.3 is 9.47 Å². The van der Waals surface area contributed by atoms with E-state index in [0.717, 1.165) is 0 Å². The van der Waals surface area contributed by atoms with Crippen molar-refractivity contribution in [3.05, 3.63) is 53.1 Å². The van der Waals surface area contributed by atoms with Crippen LogP contribution in [0, 0.1) is 0 Å². The minimum atomic E-state index is -0.329. The van der Waals surface area contributed by atoms with Crippen molar-refractivity contribution in [2.24, 2.45) is 0 Å². The summed E-state index contributed by atoms with van der Waals surface area (Å²) in [5.41, 5.74) is 0.304. The van der Waals surface area contributed by atoms with Crippen LogP contribution in [0.3, 0.4) is 0 Å². The fourth-order valence-corrected chi connectivity index (χ4v) is 2.53. The summed E-state index contributed by atoms with van der Waals surface area (Å²) in [7, 11) is 3.06. The number of fused-ring (bicyclic) bond motifs is 2. The number of pyridine rings is 1. The quantitative estimate of drug-likeness (QED) is 0.567. The van der Waals surface area contributed by atoms with Crippen molar-refractivity contribution >= 4 is 16.4 Å². The lowest BCUT2D eigenvalue weighted by molar-refractivity contribution is 0.356. The van der Waals surface area contributed by atoms with Crippen molar-refractivity contribution < 1.29 is 9.47 Å². The van der Waals surface area contributed by atoms with E-state index in [1.54, 1.807) is 42.2 Å². The monoisotopic (exact) mass is 323 g/mol. The molecule has 4 aromatic rings. The number of aromatic nitrogens is 5. The Morgan fingerprint density at radius 2 is 1.88 bits per heavy atom. The predicted octanol–water partition coefficient (Wildman–Crippen LogP) is 1.45. The van der Waals surface area contributed by atoms with Gasteiger partial charge >= 0.3 is 0 Å². The summed E-state index contributed by atoms with van der Waals surface area (Å²) < 4.78 is 13.3. The molecule has 3 aromatic heterocycles. The predicted molar refractivity (Wildman–Crippen MR) is 87.0 cm³/mol. The first-order valence-corrected chi connectivity index (χ1v) is 7.17. The molecule has 0 unspecified atom stereocenters. The number of hydrogen-bond donors (Lipinski definition) is 0. The average molecular weight is 323 g/mol. The molecule has 0 radical (unpaired) electrons. The van der Waals surface area contributed by atoms with E-state index in [-0.39, 0.29) is 11.5 Å². The smallest absolute Gasteiger partial charge is 0.282 e. The van der Waals surface area contributed by atoms with Gasteiger partial charge in [0.15, 0.2) is 17.1 Å². The van der Waals surface area contributed by atoms with Crippen LogP contribution in [-0.4, -0.2) is 38.6 Å². The number of rotatable bonds is 3. The third-order valence-electron chi connectivity index (χ3n) is 3.71. The molecule has 1 aromatic carbocycles. The van der Waals surface area contributed by atoms with Crippen LogP contribution >= 0.6 is 0 Å². The molecule has 3 heterocycles. The van der Waals surface area contributed by atoms with Gasteiger partial charge in [0, 0.05) is 11.6 Å². The van der Waals surface area contributed by atoms with E-state index in [4.69, 9.17) is 9.47 Å². The molecule has 0 atom stereocenters. The zero-order valence-electron chi connectivity index (χ0n) is 13.0. The summed E-state index contributed by atoms with van der Waals surface area (Å²) in [6, 6.07) is 8.83. The van der Waals surface area contributed by atoms with Crippen molar-refractivity contribution in [3.8, 4) is 17.4 Å². The topological polar surface area (TPSA) is 83.5 Å². The lowest BCUT2D eigenvalue weighted by Crippen LogP contribution is -2.22. The third kappa shape index (κ3) is 2.08. The molecule has 0 aliphatic rings. The zero-order valence-corrected chi connectivity index (χ0v) is 13.0. The van der Waals surface area contributed by atoms with Crippen LogP contribution in [0.5, 0.6) is 11.5 Å². The highest BCUT2D eigenvalue weighted by atomic mass is 16.5. The average Bonchev–Trinajstić information content (AvgIpc) is 3.04. The number of benzene rings is 1. The van der Waals surface area contributed by atoms with Crippen molar-refractivity contribution in [3.63, 3.8) is 0 Å². The second-order valence-electron chi connectivity index (χ2n) is 5.07. The van der Waals surface area contributed by atoms with Gasteiger partial charge in [-0.1, -0.05) is 6.07 Å². The summed E-state index contributed by atoms with van der Waals surface area (Å²) >= 11 is 0. The first kappa shape index (κ1) is 14.2. The first-order valence-electron chi connectivity index (χ1n) is 7.17. The van der Waals surface area contributed by atoms with Gasteiger partial charge in [-0.25, -0.2) is 4.52 Å². The standard InChI is InChI=1S/C16H13N5O3/c1-23-12-7-10-9-17-21(15(22)11(10)8-13(12)24-2)16-18-14-5-3-4-6-20(14)19-16/h3-9H,1-2H3. The first-order chi connectivity index (χ1) is 11.7. The Bertz CT molecular complexity index is 1080. The maximum Gasteiger partial charge on any atom is 0.282 e. The van der Waals surface area contributed by atoms with E-state index in [0.29, 0.717) is 27.9 Å². The van der Waals surface area contributed by atoms with E-state index in [1.165, 1.54) is 11.8 Å². The summed E-state index contributed by atoms with van der Waals surface area (Å²) in [4.78, 5) is 17.1. The second kappa shape index (κ2) is 5.34. The SMILES string of the molecule is COc1cc2cnn(-c3nc4ccccn4n3)c(=O)c2cc1OC. The van der Waals surface area contributed by atoms with Gasteiger partial charge in [0.1, 0.15) is 0 Å². The molecule has 0 aliphatic heterocycles. The molecule has 0 N–H and O–H groups in total. The second-order valence-corrected chi connectivity index (χ2v) is 5.07. The summed E-state index contributed by atoms with van der Waals surface area (Å²) in [6.45, 7) is 0. The normalized spacial score (nSPS) is 11.1. The van der Waals surface area contributed by atoms with E-state index in [2.05, 4.69) is 15.2 Å². The summed E-state index contributed by atoms with van der Waals surface area (Å²) in [5.74, 6) is 1.22. The highest BCUT2D eigenvalue weighted by molar-refractivity contribution is 5.84. The van der Waals surface area contributed by atoms with Crippen molar-refractivity contribution in [1.82, 2.24) is 24.4 Å². The maximum atomic E-state index is 12.8. The molecular formula is C16H13N5O3. The van der Waals surface area contributed by atoms with Gasteiger partial charge in [0.05, 0.1) is 25.8 Å². The molecule has 0 fully saturated rings. The lowest BCUT2D eigenvalue weighted by atomic mass is 10.2. The maximum absolute atomic E-state index is 12.8. The molecule has 24 heavy (non-hydrogen) atoms. The van der Waals surface area contributed by atoms with Crippen LogP contribution in [0.4, 0.5) is 0 Å². The van der Waals surface area contributed by atoms with E-state index in [9.17, 15) is 4.79 Å². The Kier molecular flexibility index (Phi) is 3.16. The molecule has 0 saturated carbocycles. The Hall–Kier alpha value is -3.42. The number of nitrogens with zero attached hydrogens (tertiary/aromatic N) is 5. The molecule has 8 nitrogen and oxygen atoms in total. The van der Waals surface area contributed by atoms with Crippen LogP contribution in [-0.2, 0) is 0 Å². The molecule has 120 valence electrons. The third-order valence-corrected chi connectivity index (χ3v) is 3.71. The van der Waals surface area contributed by atoms with Crippen LogP contribution in [0.25, 0.3) is 22.4 Å². The van der Waals surface area contributed by atoms with E-state index < -0.39 is 0 Å². The van der Waals surface area contributed by atoms with Gasteiger partial charge in [-0.3, -0.25) is 4.79 Å². The minimum Gasteiger partial charge on any atom is -0.493 e. The molecule has 4 rings (SSSR count). The Balaban J connectivity index is 1.96. The van der Waals surface area contributed by atoms with Gasteiger partial charge in [0.2, 0.25) is 0 Å². The van der Waals surface area contributed by atoms with Crippen LogP contribution in [0.2, 0.25) is 0 Å². The van der Waals surface area contributed by atoms with Crippen molar-refractivity contribution in [2.75, 3.05) is 14.2 Å². The fraction of sp³-hybridized carbons (Fsp3) is 0.125. The number of ether oxygens (including phenoxy) is 2. The van der Waals surface area contributed by atoms with Gasteiger partial charge in [-0.2, -0.15) is 14.8 Å². The molecule has 8 heteroatoms. The Morgan fingerprint density at radius 1 is 1.08 bits per heavy atom. The highest BCUT2D eigenvalue weighted by Gasteiger charge is 2.14. The Labute approximate surface area is 135 Å². The zero-order chi connectivity index (χ0) is 16.7. The molecular weight excluding hydrogens is 310 g/mol. The van der Waals surface area contributed by atoms with Gasteiger partial charge in [0.25, 0.3) is 11.5 Å². The molecule has 0 aliphatic carbocycles. The van der Waals surface area contributed by atoms with Gasteiger partial charge in [-0.15, -0.1) is 5.10 Å². The number of hydrogen-bond acceptors (Lipinski definition) is 6. The van der Waals surface area contributed by atoms with E-state index >= 15 is 0 Å². The molecule has 0 saturated heterocycles. The largest absolute Gasteiger partial charge is 0.493 e. The van der Waals surface area contributed by atoms with Crippen molar-refractivity contribution in [2.45, 2.75) is 0 Å². The van der Waals surface area contributed by atoms with Gasteiger partial charge in [-0.05, 0) is 24.3 Å². The Morgan fingerprint density at radius 3 is 2.62 bits per heavy atom. The molecule has 0 spiro atoms. The van der Waals surface area contributed by atoms with E-state index in [1.807, 2.05) is 12.1 Å². The molecule has 0 bridgehead atoms. The fourth-order valence-electron chi connectivity index (χ4n) is 2.53. The van der Waals surface area contributed by atoms with Crippen LogP contribution in [0.15, 0.2) is 47.5 Å². The minimum absolute atomic E-state index is 0.211. The summed E-state index contributed by atoms with van der Waals surface area (Å²) in [5, 5.41) is 9.55.